The summed E-state index contributed by atoms with van der Waals surface area (Å²) in [7, 11) is 0. The summed E-state index contributed by atoms with van der Waals surface area (Å²) in [5.74, 6) is 0.121. The van der Waals surface area contributed by atoms with Crippen LogP contribution in [0.5, 0.6) is 0 Å². The number of nitrogens with one attached hydrogen (secondary N) is 1. The third kappa shape index (κ3) is 5.15. The molecule has 6 heteroatoms. The normalized spacial score (nSPS) is 15.0. The maximum absolute atomic E-state index is 12.7. The van der Waals surface area contributed by atoms with Gasteiger partial charge in [0.15, 0.2) is 0 Å². The van der Waals surface area contributed by atoms with Gasteiger partial charge in [-0.05, 0) is 79.3 Å². The molecular formula is C28H27Cl2N3O. The van der Waals surface area contributed by atoms with Crippen LogP contribution in [0, 0.1) is 5.92 Å². The van der Waals surface area contributed by atoms with E-state index in [0.29, 0.717) is 5.02 Å². The van der Waals surface area contributed by atoms with Crippen LogP contribution >= 0.6 is 23.2 Å². The van der Waals surface area contributed by atoms with Gasteiger partial charge in [-0.25, -0.2) is 0 Å². The molecule has 4 nitrogen and oxygen atoms in total. The monoisotopic (exact) mass is 491 g/mol. The second kappa shape index (κ2) is 10.2. The Labute approximate surface area is 210 Å². The summed E-state index contributed by atoms with van der Waals surface area (Å²) in [6, 6.07) is 26.1. The third-order valence-corrected chi connectivity index (χ3v) is 7.26. The van der Waals surface area contributed by atoms with Crippen LogP contribution in [0.4, 0.5) is 5.69 Å². The molecule has 0 spiro atoms. The van der Waals surface area contributed by atoms with E-state index >= 15 is 0 Å². The van der Waals surface area contributed by atoms with Gasteiger partial charge in [0.05, 0.1) is 0 Å². The molecule has 0 unspecified atom stereocenters. The molecule has 1 fully saturated rings. The van der Waals surface area contributed by atoms with E-state index in [9.17, 15) is 4.79 Å². The molecule has 1 aliphatic heterocycles. The highest BCUT2D eigenvalue weighted by Gasteiger charge is 2.26. The first-order valence-corrected chi connectivity index (χ1v) is 12.4. The summed E-state index contributed by atoms with van der Waals surface area (Å²) in [6.07, 6.45) is 1.70. The lowest BCUT2D eigenvalue weighted by Gasteiger charge is -2.31. The van der Waals surface area contributed by atoms with Gasteiger partial charge in [0, 0.05) is 46.0 Å². The van der Waals surface area contributed by atoms with Crippen LogP contribution in [0.1, 0.15) is 24.1 Å². The summed E-state index contributed by atoms with van der Waals surface area (Å²) in [5.41, 5.74) is 4.39. The first-order valence-electron chi connectivity index (χ1n) is 11.7. The van der Waals surface area contributed by atoms with Gasteiger partial charge in [-0.1, -0.05) is 59.6 Å². The molecule has 2 heterocycles. The summed E-state index contributed by atoms with van der Waals surface area (Å²) in [6.45, 7) is 3.38. The number of fused-ring (bicyclic) bond motifs is 1. The minimum absolute atomic E-state index is 0.0286. The maximum atomic E-state index is 12.7. The average molecular weight is 492 g/mol. The number of rotatable bonds is 6. The Kier molecular flexibility index (Phi) is 6.91. The fraction of sp³-hybridized carbons (Fsp3) is 0.250. The number of aromatic nitrogens is 1. The van der Waals surface area contributed by atoms with Crippen LogP contribution in [-0.4, -0.2) is 28.5 Å². The molecule has 1 aromatic heterocycles. The van der Waals surface area contributed by atoms with Crippen LogP contribution in [-0.2, 0) is 17.9 Å². The number of halogens is 2. The van der Waals surface area contributed by atoms with Crippen molar-refractivity contribution in [3.05, 3.63) is 100 Å². The van der Waals surface area contributed by atoms with E-state index in [1.165, 1.54) is 16.6 Å². The second-order valence-corrected chi connectivity index (χ2v) is 9.76. The summed E-state index contributed by atoms with van der Waals surface area (Å²) >= 11 is 12.4. The van der Waals surface area contributed by atoms with E-state index in [2.05, 4.69) is 51.2 Å². The number of piperidine rings is 1. The van der Waals surface area contributed by atoms with Gasteiger partial charge in [-0.15, -0.1) is 0 Å². The molecule has 0 bridgehead atoms. The van der Waals surface area contributed by atoms with E-state index in [0.717, 1.165) is 55.3 Å². The van der Waals surface area contributed by atoms with Gasteiger partial charge >= 0.3 is 0 Å². The molecule has 4 aromatic rings. The van der Waals surface area contributed by atoms with Crippen LogP contribution in [0.2, 0.25) is 10.0 Å². The topological polar surface area (TPSA) is 37.3 Å². The van der Waals surface area contributed by atoms with Crippen molar-refractivity contribution >= 4 is 45.7 Å². The first kappa shape index (κ1) is 23.0. The fourth-order valence-electron chi connectivity index (χ4n) is 4.74. The van der Waals surface area contributed by atoms with Gasteiger partial charge in [0.2, 0.25) is 5.91 Å². The van der Waals surface area contributed by atoms with Crippen molar-refractivity contribution in [2.75, 3.05) is 18.4 Å². The quantitative estimate of drug-likeness (QED) is 0.320. The van der Waals surface area contributed by atoms with Crippen molar-refractivity contribution in [3.8, 4) is 0 Å². The van der Waals surface area contributed by atoms with Crippen molar-refractivity contribution in [1.82, 2.24) is 9.47 Å². The lowest BCUT2D eigenvalue weighted by atomic mass is 9.95. The number of carbonyl (C=O) groups excluding carboxylic acids is 1. The number of hydrogen-bond donors (Lipinski definition) is 1. The van der Waals surface area contributed by atoms with E-state index in [1.807, 2.05) is 30.3 Å². The number of para-hydroxylation sites is 1. The molecule has 3 aromatic carbocycles. The second-order valence-electron chi connectivity index (χ2n) is 8.92. The minimum Gasteiger partial charge on any atom is -0.339 e. The van der Waals surface area contributed by atoms with E-state index in [4.69, 9.17) is 23.2 Å². The van der Waals surface area contributed by atoms with Gasteiger partial charge in [0.1, 0.15) is 0 Å². The molecule has 0 radical (unpaired) electrons. The van der Waals surface area contributed by atoms with Crippen LogP contribution in [0.25, 0.3) is 10.9 Å². The van der Waals surface area contributed by atoms with Crippen LogP contribution in [0.3, 0.4) is 0 Å². The largest absolute Gasteiger partial charge is 0.339 e. The number of anilines is 1. The lowest BCUT2D eigenvalue weighted by molar-refractivity contribution is -0.121. The number of carbonyl (C=O) groups is 1. The zero-order valence-electron chi connectivity index (χ0n) is 18.9. The number of likely N-dealkylation sites (tertiary alicyclic amines) is 1. The molecule has 0 atom stereocenters. The molecule has 1 N–H and O–H groups in total. The lowest BCUT2D eigenvalue weighted by Crippen LogP contribution is -2.38. The number of nitrogens with zero attached hydrogens (tertiary/aromatic N) is 2. The Morgan fingerprint density at radius 3 is 2.35 bits per heavy atom. The van der Waals surface area contributed by atoms with Crippen molar-refractivity contribution < 1.29 is 4.79 Å². The summed E-state index contributed by atoms with van der Waals surface area (Å²) < 4.78 is 2.37. The Hall–Kier alpha value is -2.79. The predicted molar refractivity (Wildman–Crippen MR) is 141 cm³/mol. The molecule has 34 heavy (non-hydrogen) atoms. The Morgan fingerprint density at radius 2 is 1.59 bits per heavy atom. The number of benzene rings is 3. The van der Waals surface area contributed by atoms with Crippen molar-refractivity contribution in [2.24, 2.45) is 5.92 Å². The number of amides is 1. The molecule has 174 valence electrons. The van der Waals surface area contributed by atoms with Gasteiger partial charge in [-0.2, -0.15) is 0 Å². The average Bonchev–Trinajstić information content (AvgIpc) is 3.19. The third-order valence-electron chi connectivity index (χ3n) is 6.64. The summed E-state index contributed by atoms with van der Waals surface area (Å²) in [5, 5.41) is 5.72. The fourth-order valence-corrected chi connectivity index (χ4v) is 5.06. The standard InChI is InChI=1S/C28H27Cl2N3O/c29-23-9-11-24(12-10-23)31-28(34)20-13-15-32(16-14-20)19-25-17-21-5-2-4-8-27(21)33(25)18-22-6-1-3-7-26(22)30/h1-12,17,20H,13-16,18-19H2,(H,31,34). The number of hydrogen-bond acceptors (Lipinski definition) is 2. The molecule has 0 aliphatic carbocycles. The van der Waals surface area contributed by atoms with Crippen molar-refractivity contribution in [2.45, 2.75) is 25.9 Å². The highest BCUT2D eigenvalue weighted by atomic mass is 35.5. The minimum atomic E-state index is 0.0286. The Morgan fingerprint density at radius 1 is 0.882 bits per heavy atom. The molecule has 1 saturated heterocycles. The van der Waals surface area contributed by atoms with E-state index in [1.54, 1.807) is 12.1 Å². The smallest absolute Gasteiger partial charge is 0.227 e. The molecule has 1 amide bonds. The molecule has 5 rings (SSSR count). The van der Waals surface area contributed by atoms with Crippen molar-refractivity contribution in [3.63, 3.8) is 0 Å². The predicted octanol–water partition coefficient (Wildman–Crippen LogP) is 6.85. The van der Waals surface area contributed by atoms with E-state index < -0.39 is 0 Å². The first-order chi connectivity index (χ1) is 16.6. The maximum Gasteiger partial charge on any atom is 0.227 e. The van der Waals surface area contributed by atoms with Gasteiger partial charge in [0.25, 0.3) is 0 Å². The van der Waals surface area contributed by atoms with Crippen LogP contribution < -0.4 is 5.32 Å². The highest BCUT2D eigenvalue weighted by molar-refractivity contribution is 6.31. The van der Waals surface area contributed by atoms with E-state index in [-0.39, 0.29) is 11.8 Å². The SMILES string of the molecule is O=C(Nc1ccc(Cl)cc1)C1CCN(Cc2cc3ccccc3n2Cc2ccccc2Cl)CC1. The highest BCUT2D eigenvalue weighted by Crippen LogP contribution is 2.27. The molecule has 1 aliphatic rings. The summed E-state index contributed by atoms with van der Waals surface area (Å²) in [4.78, 5) is 15.2. The zero-order valence-corrected chi connectivity index (χ0v) is 20.4. The zero-order chi connectivity index (χ0) is 23.5. The molecular weight excluding hydrogens is 465 g/mol. The van der Waals surface area contributed by atoms with Gasteiger partial charge in [-0.3, -0.25) is 9.69 Å². The Bertz CT molecular complexity index is 1290. The van der Waals surface area contributed by atoms with Crippen LogP contribution in [0.15, 0.2) is 78.9 Å². The van der Waals surface area contributed by atoms with Gasteiger partial charge < -0.3 is 9.88 Å². The molecule has 0 saturated carbocycles. The van der Waals surface area contributed by atoms with Crippen molar-refractivity contribution in [1.29, 1.82) is 0 Å². The Balaban J connectivity index is 1.26.